The Morgan fingerprint density at radius 1 is 1.28 bits per heavy atom. The molecular weight excluding hydrogens is 318 g/mol. The first-order chi connectivity index (χ1) is 11.8. The van der Waals surface area contributed by atoms with Gasteiger partial charge in [0.1, 0.15) is 5.54 Å². The van der Waals surface area contributed by atoms with Gasteiger partial charge in [-0.2, -0.15) is 0 Å². The summed E-state index contributed by atoms with van der Waals surface area (Å²) in [6.45, 7) is 6.12. The summed E-state index contributed by atoms with van der Waals surface area (Å²) in [5.41, 5.74) is 1.71. The van der Waals surface area contributed by atoms with E-state index in [0.717, 1.165) is 18.4 Å². The summed E-state index contributed by atoms with van der Waals surface area (Å²) < 4.78 is 5.63. The van der Waals surface area contributed by atoms with Gasteiger partial charge in [-0.15, -0.1) is 0 Å². The number of rotatable bonds is 6. The highest BCUT2D eigenvalue weighted by Crippen LogP contribution is 2.51. The average molecular weight is 345 g/mol. The quantitative estimate of drug-likeness (QED) is 0.831. The van der Waals surface area contributed by atoms with Crippen LogP contribution in [0.3, 0.4) is 0 Å². The van der Waals surface area contributed by atoms with Crippen LogP contribution in [0.2, 0.25) is 0 Å². The van der Waals surface area contributed by atoms with Crippen molar-refractivity contribution in [3.63, 3.8) is 0 Å². The van der Waals surface area contributed by atoms with Gasteiger partial charge in [0, 0.05) is 18.4 Å². The number of hydrogen-bond acceptors (Lipinski definition) is 3. The number of carbonyl (C=O) groups is 2. The second-order valence-electron chi connectivity index (χ2n) is 7.76. The summed E-state index contributed by atoms with van der Waals surface area (Å²) in [6, 6.07) is 6.16. The van der Waals surface area contributed by atoms with E-state index in [4.69, 9.17) is 4.74 Å². The van der Waals surface area contributed by atoms with E-state index in [-0.39, 0.29) is 18.4 Å². The van der Waals surface area contributed by atoms with Crippen molar-refractivity contribution in [2.75, 3.05) is 6.61 Å². The normalized spacial score (nSPS) is 26.6. The molecule has 0 heterocycles. The number of nitrogens with one attached hydrogen (secondary N) is 1. The fourth-order valence-electron chi connectivity index (χ4n) is 4.24. The lowest BCUT2D eigenvalue weighted by molar-refractivity contribution is -0.194. The van der Waals surface area contributed by atoms with E-state index in [1.165, 1.54) is 17.5 Å². The summed E-state index contributed by atoms with van der Waals surface area (Å²) in [7, 11) is 0. The Kier molecular flexibility index (Phi) is 4.62. The van der Waals surface area contributed by atoms with Gasteiger partial charge >= 0.3 is 5.97 Å². The standard InChI is InChI=1S/C20H27NO4/c1-4-25-16-12-20(18(23)24,19(16,2)3)21-17(22)11-13-8-9-14-6-5-7-15(14)10-13/h8-10,16H,4-7,11-12H2,1-3H3,(H,21,22)(H,23,24). The first kappa shape index (κ1) is 17.9. The molecule has 2 N–H and O–H groups in total. The first-order valence-corrected chi connectivity index (χ1v) is 9.07. The van der Waals surface area contributed by atoms with Crippen molar-refractivity contribution >= 4 is 11.9 Å². The fourth-order valence-corrected chi connectivity index (χ4v) is 4.24. The second kappa shape index (κ2) is 6.45. The molecule has 3 rings (SSSR count). The average Bonchev–Trinajstić information content (AvgIpc) is 3.01. The van der Waals surface area contributed by atoms with Crippen molar-refractivity contribution in [3.8, 4) is 0 Å². The Morgan fingerprint density at radius 2 is 2.00 bits per heavy atom. The van der Waals surface area contributed by atoms with Crippen LogP contribution in [0.15, 0.2) is 18.2 Å². The van der Waals surface area contributed by atoms with Crippen LogP contribution in [0, 0.1) is 5.41 Å². The minimum Gasteiger partial charge on any atom is -0.479 e. The number of carboxylic acids is 1. The molecule has 0 saturated heterocycles. The molecule has 2 aliphatic carbocycles. The Morgan fingerprint density at radius 3 is 2.64 bits per heavy atom. The van der Waals surface area contributed by atoms with Gasteiger partial charge in [-0.05, 0) is 42.9 Å². The van der Waals surface area contributed by atoms with Crippen molar-refractivity contribution < 1.29 is 19.4 Å². The molecule has 5 nitrogen and oxygen atoms in total. The van der Waals surface area contributed by atoms with Crippen LogP contribution < -0.4 is 5.32 Å². The molecule has 0 spiro atoms. The number of hydrogen-bond donors (Lipinski definition) is 2. The fraction of sp³-hybridized carbons (Fsp3) is 0.600. The van der Waals surface area contributed by atoms with Crippen molar-refractivity contribution in [2.45, 2.75) is 64.5 Å². The zero-order valence-corrected chi connectivity index (χ0v) is 15.2. The largest absolute Gasteiger partial charge is 0.479 e. The number of benzene rings is 1. The van der Waals surface area contributed by atoms with E-state index in [9.17, 15) is 14.7 Å². The molecule has 2 aliphatic rings. The van der Waals surface area contributed by atoms with E-state index in [2.05, 4.69) is 17.4 Å². The van der Waals surface area contributed by atoms with Gasteiger partial charge in [-0.25, -0.2) is 4.79 Å². The van der Waals surface area contributed by atoms with E-state index in [1.54, 1.807) is 0 Å². The lowest BCUT2D eigenvalue weighted by Gasteiger charge is -2.58. The monoisotopic (exact) mass is 345 g/mol. The number of ether oxygens (including phenoxy) is 1. The number of amides is 1. The molecule has 136 valence electrons. The third-order valence-electron chi connectivity index (χ3n) is 6.01. The van der Waals surface area contributed by atoms with Crippen LogP contribution >= 0.6 is 0 Å². The molecule has 0 bridgehead atoms. The molecule has 1 fully saturated rings. The Bertz CT molecular complexity index is 697. The zero-order chi connectivity index (χ0) is 18.2. The second-order valence-corrected chi connectivity index (χ2v) is 7.76. The lowest BCUT2D eigenvalue weighted by Crippen LogP contribution is -2.76. The van der Waals surface area contributed by atoms with Crippen LogP contribution in [0.1, 0.15) is 50.3 Å². The lowest BCUT2D eigenvalue weighted by atomic mass is 9.54. The molecule has 0 aromatic heterocycles. The number of carbonyl (C=O) groups excluding carboxylic acids is 1. The third-order valence-corrected chi connectivity index (χ3v) is 6.01. The van der Waals surface area contributed by atoms with Crippen LogP contribution in [-0.2, 0) is 33.6 Å². The highest BCUT2D eigenvalue weighted by molar-refractivity contribution is 5.90. The van der Waals surface area contributed by atoms with Gasteiger partial charge in [0.2, 0.25) is 5.91 Å². The Hall–Kier alpha value is -1.88. The minimum atomic E-state index is -1.26. The smallest absolute Gasteiger partial charge is 0.330 e. The molecule has 25 heavy (non-hydrogen) atoms. The maximum Gasteiger partial charge on any atom is 0.330 e. The maximum absolute atomic E-state index is 12.6. The molecule has 1 saturated carbocycles. The summed E-state index contributed by atoms with van der Waals surface area (Å²) >= 11 is 0. The summed E-state index contributed by atoms with van der Waals surface area (Å²) in [4.78, 5) is 24.5. The maximum atomic E-state index is 12.6. The van der Waals surface area contributed by atoms with E-state index in [1.807, 2.05) is 26.8 Å². The molecule has 2 unspecified atom stereocenters. The number of aryl methyl sites for hydroxylation is 2. The molecule has 2 atom stereocenters. The minimum absolute atomic E-state index is 0.158. The summed E-state index contributed by atoms with van der Waals surface area (Å²) in [5.74, 6) is -1.24. The van der Waals surface area contributed by atoms with Crippen molar-refractivity contribution in [3.05, 3.63) is 34.9 Å². The van der Waals surface area contributed by atoms with Crippen molar-refractivity contribution in [2.24, 2.45) is 5.41 Å². The molecular formula is C20H27NO4. The van der Waals surface area contributed by atoms with Gasteiger partial charge in [0.25, 0.3) is 0 Å². The van der Waals surface area contributed by atoms with E-state index >= 15 is 0 Å². The topological polar surface area (TPSA) is 75.6 Å². The molecule has 0 aliphatic heterocycles. The van der Waals surface area contributed by atoms with Crippen molar-refractivity contribution in [1.82, 2.24) is 5.32 Å². The number of fused-ring (bicyclic) bond motifs is 1. The summed E-state index contributed by atoms with van der Waals surface area (Å²) in [5, 5.41) is 12.6. The number of carboxylic acid groups (broad SMARTS) is 1. The van der Waals surface area contributed by atoms with Gasteiger partial charge in [-0.3, -0.25) is 4.79 Å². The van der Waals surface area contributed by atoms with Gasteiger partial charge < -0.3 is 15.2 Å². The zero-order valence-electron chi connectivity index (χ0n) is 15.2. The van der Waals surface area contributed by atoms with Crippen LogP contribution in [0.5, 0.6) is 0 Å². The van der Waals surface area contributed by atoms with Gasteiger partial charge in [0.05, 0.1) is 12.5 Å². The highest BCUT2D eigenvalue weighted by atomic mass is 16.5. The van der Waals surface area contributed by atoms with Crippen LogP contribution in [0.25, 0.3) is 0 Å². The van der Waals surface area contributed by atoms with Crippen LogP contribution in [-0.4, -0.2) is 35.2 Å². The van der Waals surface area contributed by atoms with E-state index in [0.29, 0.717) is 13.0 Å². The SMILES string of the molecule is CCOC1CC(NC(=O)Cc2ccc3c(c2)CCC3)(C(=O)O)C1(C)C. The molecule has 1 aromatic carbocycles. The van der Waals surface area contributed by atoms with Gasteiger partial charge in [-0.1, -0.05) is 32.0 Å². The Labute approximate surface area is 148 Å². The molecule has 1 aromatic rings. The van der Waals surface area contributed by atoms with Gasteiger partial charge in [0.15, 0.2) is 0 Å². The molecule has 1 amide bonds. The summed E-state index contributed by atoms with van der Waals surface area (Å²) in [6.07, 6.45) is 3.69. The first-order valence-electron chi connectivity index (χ1n) is 9.07. The third kappa shape index (κ3) is 2.95. The molecule has 0 radical (unpaired) electrons. The van der Waals surface area contributed by atoms with E-state index < -0.39 is 16.9 Å². The predicted octanol–water partition coefficient (Wildman–Crippen LogP) is 2.49. The van der Waals surface area contributed by atoms with Crippen LogP contribution in [0.4, 0.5) is 0 Å². The predicted molar refractivity (Wildman–Crippen MR) is 94.5 cm³/mol. The molecule has 5 heteroatoms. The number of aliphatic carboxylic acids is 1. The Balaban J connectivity index is 1.71. The highest BCUT2D eigenvalue weighted by Gasteiger charge is 2.66. The van der Waals surface area contributed by atoms with Crippen molar-refractivity contribution in [1.29, 1.82) is 0 Å².